The van der Waals surface area contributed by atoms with Gasteiger partial charge in [-0.3, -0.25) is 4.79 Å². The van der Waals surface area contributed by atoms with E-state index in [1.807, 2.05) is 0 Å². The van der Waals surface area contributed by atoms with Crippen molar-refractivity contribution >= 4 is 23.2 Å². The minimum absolute atomic E-state index is 0.128. The predicted octanol–water partition coefficient (Wildman–Crippen LogP) is 2.05. The lowest BCUT2D eigenvalue weighted by atomic mass is 10.1. The monoisotopic (exact) mass is 264 g/mol. The van der Waals surface area contributed by atoms with Crippen LogP contribution >= 0.6 is 0 Å². The minimum atomic E-state index is -0.712. The predicted molar refractivity (Wildman–Crippen MR) is 66.0 cm³/mol. The Labute approximate surface area is 108 Å². The molecule has 1 heterocycles. The van der Waals surface area contributed by atoms with E-state index < -0.39 is 5.97 Å². The second-order valence-electron chi connectivity index (χ2n) is 3.66. The van der Waals surface area contributed by atoms with Gasteiger partial charge in [0.15, 0.2) is 17.8 Å². The fourth-order valence-corrected chi connectivity index (χ4v) is 1.80. The lowest BCUT2D eigenvalue weighted by Gasteiger charge is -2.06. The molecule has 0 saturated heterocycles. The van der Waals surface area contributed by atoms with Crippen LogP contribution in [0.2, 0.25) is 0 Å². The average Bonchev–Trinajstić information content (AvgIpc) is 2.81. The number of esters is 1. The van der Waals surface area contributed by atoms with E-state index in [9.17, 15) is 9.59 Å². The van der Waals surface area contributed by atoms with Crippen molar-refractivity contribution in [3.63, 3.8) is 0 Å². The second kappa shape index (κ2) is 5.01. The molecule has 0 amide bonds. The highest BCUT2D eigenvalue weighted by Crippen LogP contribution is 2.35. The van der Waals surface area contributed by atoms with Crippen LogP contribution in [0.5, 0.6) is 11.5 Å². The summed E-state index contributed by atoms with van der Waals surface area (Å²) in [6.45, 7) is 0. The van der Waals surface area contributed by atoms with Gasteiger partial charge >= 0.3 is 5.97 Å². The average molecular weight is 264 g/mol. The maximum atomic E-state index is 11.5. The summed E-state index contributed by atoms with van der Waals surface area (Å²) in [6, 6.07) is 3.13. The molecule has 2 aromatic rings. The molecule has 0 fully saturated rings. The molecule has 0 bridgehead atoms. The van der Waals surface area contributed by atoms with Crippen LogP contribution in [0.15, 0.2) is 16.5 Å². The van der Waals surface area contributed by atoms with Crippen molar-refractivity contribution in [2.45, 2.75) is 0 Å². The Kier molecular flexibility index (Phi) is 3.41. The minimum Gasteiger partial charge on any atom is -0.493 e. The Morgan fingerprint density at radius 2 is 1.79 bits per heavy atom. The van der Waals surface area contributed by atoms with Crippen LogP contribution in [0.4, 0.5) is 0 Å². The van der Waals surface area contributed by atoms with E-state index in [0.717, 1.165) is 0 Å². The molecule has 0 spiro atoms. The van der Waals surface area contributed by atoms with E-state index in [1.165, 1.54) is 21.3 Å². The van der Waals surface area contributed by atoms with Gasteiger partial charge in [0.1, 0.15) is 5.58 Å². The van der Waals surface area contributed by atoms with Gasteiger partial charge in [0, 0.05) is 11.5 Å². The number of hydrogen-bond acceptors (Lipinski definition) is 6. The van der Waals surface area contributed by atoms with Gasteiger partial charge in [-0.2, -0.15) is 0 Å². The standard InChI is InChI=1S/C13H12O6/c1-16-10-4-7-8(6-14)12(13(15)18-3)19-9(7)5-11(10)17-2/h4-6H,1-3H3. The molecule has 1 aromatic heterocycles. The van der Waals surface area contributed by atoms with Gasteiger partial charge in [0.25, 0.3) is 0 Å². The Hall–Kier alpha value is -2.50. The first-order valence-electron chi connectivity index (χ1n) is 5.38. The fraction of sp³-hybridized carbons (Fsp3) is 0.231. The topological polar surface area (TPSA) is 75.0 Å². The third kappa shape index (κ3) is 2.01. The van der Waals surface area contributed by atoms with Crippen molar-refractivity contribution in [3.8, 4) is 11.5 Å². The quantitative estimate of drug-likeness (QED) is 0.621. The van der Waals surface area contributed by atoms with Crippen molar-refractivity contribution in [3.05, 3.63) is 23.5 Å². The molecule has 0 aliphatic rings. The van der Waals surface area contributed by atoms with Gasteiger partial charge in [-0.05, 0) is 6.07 Å². The number of fused-ring (bicyclic) bond motifs is 1. The maximum absolute atomic E-state index is 11.5. The SMILES string of the molecule is COC(=O)c1oc2cc(OC)c(OC)cc2c1C=O. The molecule has 0 saturated carbocycles. The molecule has 0 aliphatic carbocycles. The molecule has 6 nitrogen and oxygen atoms in total. The number of methoxy groups -OCH3 is 3. The van der Waals surface area contributed by atoms with E-state index in [2.05, 4.69) is 4.74 Å². The number of rotatable bonds is 4. The molecular formula is C13H12O6. The first-order chi connectivity index (χ1) is 9.15. The van der Waals surface area contributed by atoms with E-state index in [1.54, 1.807) is 12.1 Å². The van der Waals surface area contributed by atoms with Crippen LogP contribution in [0.25, 0.3) is 11.0 Å². The molecule has 100 valence electrons. The normalized spacial score (nSPS) is 10.3. The zero-order valence-corrected chi connectivity index (χ0v) is 10.7. The molecule has 19 heavy (non-hydrogen) atoms. The van der Waals surface area contributed by atoms with Crippen LogP contribution in [-0.2, 0) is 4.74 Å². The molecule has 1 aromatic carbocycles. The Morgan fingerprint density at radius 1 is 1.16 bits per heavy atom. The molecule has 2 rings (SSSR count). The third-order valence-corrected chi connectivity index (χ3v) is 2.72. The summed E-state index contributed by atoms with van der Waals surface area (Å²) >= 11 is 0. The van der Waals surface area contributed by atoms with E-state index in [4.69, 9.17) is 13.9 Å². The van der Waals surface area contributed by atoms with E-state index >= 15 is 0 Å². The van der Waals surface area contributed by atoms with Gasteiger partial charge in [-0.15, -0.1) is 0 Å². The van der Waals surface area contributed by atoms with Crippen LogP contribution in [-0.4, -0.2) is 33.6 Å². The van der Waals surface area contributed by atoms with Gasteiger partial charge < -0.3 is 18.6 Å². The van der Waals surface area contributed by atoms with Gasteiger partial charge in [0.05, 0.1) is 26.9 Å². The molecule has 0 N–H and O–H groups in total. The van der Waals surface area contributed by atoms with Crippen LogP contribution in [0.1, 0.15) is 20.9 Å². The smallest absolute Gasteiger partial charge is 0.374 e. The first kappa shape index (κ1) is 12.9. The summed E-state index contributed by atoms with van der Waals surface area (Å²) in [4.78, 5) is 22.7. The molecule has 0 radical (unpaired) electrons. The van der Waals surface area contributed by atoms with Crippen molar-refractivity contribution in [1.82, 2.24) is 0 Å². The van der Waals surface area contributed by atoms with E-state index in [0.29, 0.717) is 28.8 Å². The lowest BCUT2D eigenvalue weighted by Crippen LogP contribution is -2.02. The maximum Gasteiger partial charge on any atom is 0.374 e. The third-order valence-electron chi connectivity index (χ3n) is 2.72. The van der Waals surface area contributed by atoms with Crippen LogP contribution < -0.4 is 9.47 Å². The Balaban J connectivity index is 2.76. The largest absolute Gasteiger partial charge is 0.493 e. The summed E-state index contributed by atoms with van der Waals surface area (Å²) in [6.07, 6.45) is 0.546. The fourth-order valence-electron chi connectivity index (χ4n) is 1.80. The summed E-state index contributed by atoms with van der Waals surface area (Å²) in [7, 11) is 4.17. The van der Waals surface area contributed by atoms with Gasteiger partial charge in [-0.1, -0.05) is 0 Å². The molecular weight excluding hydrogens is 252 g/mol. The van der Waals surface area contributed by atoms with Crippen molar-refractivity contribution in [2.75, 3.05) is 21.3 Å². The summed E-state index contributed by atoms with van der Waals surface area (Å²) in [5.41, 5.74) is 0.475. The summed E-state index contributed by atoms with van der Waals surface area (Å²) in [5.74, 6) is 0.0342. The highest BCUT2D eigenvalue weighted by Gasteiger charge is 2.22. The first-order valence-corrected chi connectivity index (χ1v) is 5.38. The number of aldehydes is 1. The van der Waals surface area contributed by atoms with E-state index in [-0.39, 0.29) is 11.3 Å². The number of furan rings is 1. The molecule has 0 aliphatic heterocycles. The molecule has 0 unspecified atom stereocenters. The lowest BCUT2D eigenvalue weighted by molar-refractivity contribution is 0.0565. The van der Waals surface area contributed by atoms with Gasteiger partial charge in [-0.25, -0.2) is 4.79 Å². The Morgan fingerprint density at radius 3 is 2.32 bits per heavy atom. The van der Waals surface area contributed by atoms with Crippen molar-refractivity contribution in [2.24, 2.45) is 0 Å². The zero-order chi connectivity index (χ0) is 14.0. The van der Waals surface area contributed by atoms with Gasteiger partial charge in [0.2, 0.25) is 5.76 Å². The number of benzene rings is 1. The second-order valence-corrected chi connectivity index (χ2v) is 3.66. The number of hydrogen-bond donors (Lipinski definition) is 0. The summed E-state index contributed by atoms with van der Waals surface area (Å²) in [5, 5.41) is 0.466. The van der Waals surface area contributed by atoms with Crippen molar-refractivity contribution in [1.29, 1.82) is 0 Å². The number of carbonyl (C=O) groups is 2. The zero-order valence-electron chi connectivity index (χ0n) is 10.7. The van der Waals surface area contributed by atoms with Crippen LogP contribution in [0.3, 0.4) is 0 Å². The molecule has 0 atom stereocenters. The molecule has 6 heteroatoms. The van der Waals surface area contributed by atoms with Crippen LogP contribution in [0, 0.1) is 0 Å². The number of ether oxygens (including phenoxy) is 3. The number of carbonyl (C=O) groups excluding carboxylic acids is 2. The summed E-state index contributed by atoms with van der Waals surface area (Å²) < 4.78 is 20.2. The highest BCUT2D eigenvalue weighted by molar-refractivity contribution is 6.07. The Bertz CT molecular complexity index is 640. The highest BCUT2D eigenvalue weighted by atomic mass is 16.5. The van der Waals surface area contributed by atoms with Crippen molar-refractivity contribution < 1.29 is 28.2 Å².